The number of likely N-dealkylation sites (tertiary alicyclic amines) is 1. The van der Waals surface area contributed by atoms with Gasteiger partial charge < -0.3 is 9.64 Å². The standard InChI is InChI=1S/C18H27N3O2/c22-18(21-9-11-23-12-10-21)6-5-16-4-2-8-20(14-16)15-17-3-1-7-19-13-17/h1,3,7,13,16H,2,4-6,8-12,14-15H2. The summed E-state index contributed by atoms with van der Waals surface area (Å²) in [5, 5.41) is 0. The van der Waals surface area contributed by atoms with E-state index < -0.39 is 0 Å². The largest absolute Gasteiger partial charge is 0.378 e. The van der Waals surface area contributed by atoms with E-state index in [9.17, 15) is 4.79 Å². The minimum absolute atomic E-state index is 0.303. The van der Waals surface area contributed by atoms with Crippen LogP contribution in [0.1, 0.15) is 31.2 Å². The molecule has 0 spiro atoms. The van der Waals surface area contributed by atoms with Gasteiger partial charge in [0.05, 0.1) is 13.2 Å². The second-order valence-corrected chi connectivity index (χ2v) is 6.64. The Morgan fingerprint density at radius 1 is 1.30 bits per heavy atom. The normalized spacial score (nSPS) is 23.0. The van der Waals surface area contributed by atoms with Gasteiger partial charge in [0, 0.05) is 45.0 Å². The van der Waals surface area contributed by atoms with E-state index in [0.29, 0.717) is 31.5 Å². The maximum Gasteiger partial charge on any atom is 0.222 e. The van der Waals surface area contributed by atoms with Crippen LogP contribution in [0.25, 0.3) is 0 Å². The van der Waals surface area contributed by atoms with Gasteiger partial charge in [0.25, 0.3) is 0 Å². The van der Waals surface area contributed by atoms with Crippen molar-refractivity contribution in [3.63, 3.8) is 0 Å². The molecule has 2 fully saturated rings. The van der Waals surface area contributed by atoms with Gasteiger partial charge in [-0.3, -0.25) is 14.7 Å². The van der Waals surface area contributed by atoms with Crippen LogP contribution in [0.2, 0.25) is 0 Å². The maximum absolute atomic E-state index is 12.3. The zero-order valence-corrected chi connectivity index (χ0v) is 13.8. The fourth-order valence-corrected chi connectivity index (χ4v) is 3.58. The van der Waals surface area contributed by atoms with Gasteiger partial charge in [-0.1, -0.05) is 6.07 Å². The van der Waals surface area contributed by atoms with Gasteiger partial charge in [-0.15, -0.1) is 0 Å². The van der Waals surface area contributed by atoms with Crippen molar-refractivity contribution in [1.82, 2.24) is 14.8 Å². The van der Waals surface area contributed by atoms with Gasteiger partial charge in [-0.05, 0) is 43.4 Å². The first-order valence-electron chi connectivity index (χ1n) is 8.78. The smallest absolute Gasteiger partial charge is 0.222 e. The van der Waals surface area contributed by atoms with E-state index in [-0.39, 0.29) is 0 Å². The molecule has 2 aliphatic rings. The number of rotatable bonds is 5. The van der Waals surface area contributed by atoms with Gasteiger partial charge in [0.2, 0.25) is 5.91 Å². The number of hydrogen-bond acceptors (Lipinski definition) is 4. The third-order valence-electron chi connectivity index (χ3n) is 4.86. The van der Waals surface area contributed by atoms with Crippen LogP contribution in [0.5, 0.6) is 0 Å². The summed E-state index contributed by atoms with van der Waals surface area (Å²) in [7, 11) is 0. The zero-order chi connectivity index (χ0) is 15.9. The van der Waals surface area contributed by atoms with Crippen LogP contribution in [0.15, 0.2) is 24.5 Å². The number of pyridine rings is 1. The Bertz CT molecular complexity index is 488. The monoisotopic (exact) mass is 317 g/mol. The summed E-state index contributed by atoms with van der Waals surface area (Å²) < 4.78 is 5.31. The first-order chi connectivity index (χ1) is 11.3. The minimum atomic E-state index is 0.303. The molecule has 0 N–H and O–H groups in total. The van der Waals surface area contributed by atoms with Crippen LogP contribution < -0.4 is 0 Å². The molecule has 0 saturated carbocycles. The van der Waals surface area contributed by atoms with Crippen molar-refractivity contribution in [2.45, 2.75) is 32.2 Å². The summed E-state index contributed by atoms with van der Waals surface area (Å²) in [6, 6.07) is 4.14. The van der Waals surface area contributed by atoms with Gasteiger partial charge in [-0.25, -0.2) is 0 Å². The van der Waals surface area contributed by atoms with Crippen molar-refractivity contribution < 1.29 is 9.53 Å². The Morgan fingerprint density at radius 2 is 2.17 bits per heavy atom. The lowest BCUT2D eigenvalue weighted by Crippen LogP contribution is -2.41. The highest BCUT2D eigenvalue weighted by atomic mass is 16.5. The first-order valence-corrected chi connectivity index (χ1v) is 8.78. The summed E-state index contributed by atoms with van der Waals surface area (Å²) in [5.74, 6) is 0.947. The molecule has 1 unspecified atom stereocenters. The second-order valence-electron chi connectivity index (χ2n) is 6.64. The molecule has 1 aromatic heterocycles. The summed E-state index contributed by atoms with van der Waals surface area (Å²) >= 11 is 0. The predicted octanol–water partition coefficient (Wildman–Crippen LogP) is 1.93. The fourth-order valence-electron chi connectivity index (χ4n) is 3.58. The molecule has 5 nitrogen and oxygen atoms in total. The lowest BCUT2D eigenvalue weighted by atomic mass is 9.93. The zero-order valence-electron chi connectivity index (χ0n) is 13.8. The molecule has 2 aliphatic heterocycles. The summed E-state index contributed by atoms with van der Waals surface area (Å²) in [4.78, 5) is 20.9. The quantitative estimate of drug-likeness (QED) is 0.832. The minimum Gasteiger partial charge on any atom is -0.378 e. The molecule has 1 aromatic rings. The Kier molecular flexibility index (Phi) is 6.00. The average molecular weight is 317 g/mol. The number of carbonyl (C=O) groups excluding carboxylic acids is 1. The molecule has 0 radical (unpaired) electrons. The topological polar surface area (TPSA) is 45.7 Å². The Balaban J connectivity index is 1.42. The highest BCUT2D eigenvalue weighted by molar-refractivity contribution is 5.76. The first kappa shape index (κ1) is 16.4. The van der Waals surface area contributed by atoms with E-state index in [4.69, 9.17) is 4.74 Å². The number of aromatic nitrogens is 1. The van der Waals surface area contributed by atoms with Crippen molar-refractivity contribution in [3.8, 4) is 0 Å². The van der Waals surface area contributed by atoms with Gasteiger partial charge in [0.1, 0.15) is 0 Å². The molecule has 0 aromatic carbocycles. The Hall–Kier alpha value is -1.46. The van der Waals surface area contributed by atoms with Gasteiger partial charge in [0.15, 0.2) is 0 Å². The number of nitrogens with zero attached hydrogens (tertiary/aromatic N) is 3. The van der Waals surface area contributed by atoms with Crippen LogP contribution >= 0.6 is 0 Å². The lowest BCUT2D eigenvalue weighted by Gasteiger charge is -2.33. The lowest BCUT2D eigenvalue weighted by molar-refractivity contribution is -0.135. The fraction of sp³-hybridized carbons (Fsp3) is 0.667. The van der Waals surface area contributed by atoms with E-state index in [0.717, 1.165) is 39.1 Å². The van der Waals surface area contributed by atoms with E-state index in [1.807, 2.05) is 23.4 Å². The summed E-state index contributed by atoms with van der Waals surface area (Å²) in [6.07, 6.45) is 7.95. The summed E-state index contributed by atoms with van der Waals surface area (Å²) in [6.45, 7) is 6.13. The average Bonchev–Trinajstić information content (AvgIpc) is 2.62. The molecular weight excluding hydrogens is 290 g/mol. The van der Waals surface area contributed by atoms with Crippen LogP contribution in [-0.2, 0) is 16.1 Å². The molecule has 5 heteroatoms. The van der Waals surface area contributed by atoms with Crippen LogP contribution in [0.4, 0.5) is 0 Å². The number of carbonyl (C=O) groups is 1. The van der Waals surface area contributed by atoms with Crippen molar-refractivity contribution in [2.24, 2.45) is 5.92 Å². The molecule has 2 saturated heterocycles. The SMILES string of the molecule is O=C(CCC1CCCN(Cc2cccnc2)C1)N1CCOCC1. The highest BCUT2D eigenvalue weighted by Gasteiger charge is 2.22. The van der Waals surface area contributed by atoms with Crippen LogP contribution in [-0.4, -0.2) is 60.1 Å². The number of hydrogen-bond donors (Lipinski definition) is 0. The van der Waals surface area contributed by atoms with Crippen LogP contribution in [0.3, 0.4) is 0 Å². The van der Waals surface area contributed by atoms with Crippen molar-refractivity contribution >= 4 is 5.91 Å². The molecule has 1 amide bonds. The molecule has 3 heterocycles. The molecular formula is C18H27N3O2. The highest BCUT2D eigenvalue weighted by Crippen LogP contribution is 2.22. The summed E-state index contributed by atoms with van der Waals surface area (Å²) in [5.41, 5.74) is 1.28. The van der Waals surface area contributed by atoms with Crippen molar-refractivity contribution in [1.29, 1.82) is 0 Å². The number of piperidine rings is 1. The molecule has 3 rings (SSSR count). The predicted molar refractivity (Wildman–Crippen MR) is 88.9 cm³/mol. The maximum atomic E-state index is 12.3. The Labute approximate surface area is 138 Å². The Morgan fingerprint density at radius 3 is 2.96 bits per heavy atom. The van der Waals surface area contributed by atoms with E-state index in [1.165, 1.54) is 18.4 Å². The van der Waals surface area contributed by atoms with E-state index in [2.05, 4.69) is 16.0 Å². The van der Waals surface area contributed by atoms with Gasteiger partial charge in [-0.2, -0.15) is 0 Å². The van der Waals surface area contributed by atoms with Gasteiger partial charge >= 0.3 is 0 Å². The van der Waals surface area contributed by atoms with E-state index >= 15 is 0 Å². The number of morpholine rings is 1. The number of amides is 1. The number of ether oxygens (including phenoxy) is 1. The third kappa shape index (κ3) is 5.01. The molecule has 0 bridgehead atoms. The van der Waals surface area contributed by atoms with Crippen LogP contribution in [0, 0.1) is 5.92 Å². The molecule has 0 aliphatic carbocycles. The molecule has 126 valence electrons. The third-order valence-corrected chi connectivity index (χ3v) is 4.86. The molecule has 23 heavy (non-hydrogen) atoms. The van der Waals surface area contributed by atoms with E-state index in [1.54, 1.807) is 0 Å². The van der Waals surface area contributed by atoms with Crippen molar-refractivity contribution in [3.05, 3.63) is 30.1 Å². The van der Waals surface area contributed by atoms with Crippen molar-refractivity contribution in [2.75, 3.05) is 39.4 Å². The second kappa shape index (κ2) is 8.41. The molecule has 1 atom stereocenters.